The molecule has 0 aliphatic rings. The molecular formula is C14H13IN2O2S. The van der Waals surface area contributed by atoms with Gasteiger partial charge in [-0.05, 0) is 46.2 Å². The Hall–Kier alpha value is -1.41. The minimum atomic E-state index is -0.145. The van der Waals surface area contributed by atoms with Crippen LogP contribution in [0.25, 0.3) is 0 Å². The number of thiophene rings is 1. The number of anilines is 1. The number of rotatable bonds is 5. The fourth-order valence-electron chi connectivity index (χ4n) is 1.56. The maximum atomic E-state index is 11.8. The summed E-state index contributed by atoms with van der Waals surface area (Å²) in [7, 11) is 0. The Morgan fingerprint density at radius 3 is 2.70 bits per heavy atom. The van der Waals surface area contributed by atoms with Gasteiger partial charge in [0.25, 0.3) is 5.91 Å². The van der Waals surface area contributed by atoms with E-state index in [1.54, 1.807) is 11.4 Å². The Morgan fingerprint density at radius 2 is 2.00 bits per heavy atom. The van der Waals surface area contributed by atoms with Crippen LogP contribution < -0.4 is 10.6 Å². The molecule has 0 radical (unpaired) electrons. The first kappa shape index (κ1) is 15.0. The summed E-state index contributed by atoms with van der Waals surface area (Å²) < 4.78 is 0.987. The largest absolute Gasteiger partial charge is 0.351 e. The lowest BCUT2D eigenvalue weighted by molar-refractivity contribution is -0.116. The molecule has 0 bridgehead atoms. The van der Waals surface area contributed by atoms with Crippen molar-refractivity contribution in [2.24, 2.45) is 0 Å². The maximum absolute atomic E-state index is 11.8. The van der Waals surface area contributed by atoms with Gasteiger partial charge in [0.05, 0.1) is 5.69 Å². The van der Waals surface area contributed by atoms with Gasteiger partial charge in [0.15, 0.2) is 0 Å². The van der Waals surface area contributed by atoms with Crippen molar-refractivity contribution in [3.8, 4) is 0 Å². The molecule has 104 valence electrons. The predicted octanol–water partition coefficient (Wildman–Crippen LogP) is 3.11. The molecule has 4 nitrogen and oxygen atoms in total. The zero-order valence-corrected chi connectivity index (χ0v) is 13.5. The minimum absolute atomic E-state index is 0.111. The van der Waals surface area contributed by atoms with Gasteiger partial charge in [0.1, 0.15) is 0 Å². The molecule has 0 saturated heterocycles. The quantitative estimate of drug-likeness (QED) is 0.758. The third-order valence-corrected chi connectivity index (χ3v) is 4.19. The molecule has 1 heterocycles. The number of para-hydroxylation sites is 1. The van der Waals surface area contributed by atoms with Crippen LogP contribution in [0.15, 0.2) is 41.1 Å². The normalized spacial score (nSPS) is 10.1. The van der Waals surface area contributed by atoms with E-state index >= 15 is 0 Å². The van der Waals surface area contributed by atoms with Gasteiger partial charge in [-0.1, -0.05) is 12.1 Å². The molecule has 0 spiro atoms. The summed E-state index contributed by atoms with van der Waals surface area (Å²) >= 11 is 3.64. The first-order valence-electron chi connectivity index (χ1n) is 6.01. The van der Waals surface area contributed by atoms with Crippen molar-refractivity contribution in [1.82, 2.24) is 5.32 Å². The highest BCUT2D eigenvalue weighted by molar-refractivity contribution is 14.1. The molecule has 2 N–H and O–H groups in total. The lowest BCUT2D eigenvalue weighted by atomic mass is 10.3. The van der Waals surface area contributed by atoms with Crippen LogP contribution in [0.5, 0.6) is 0 Å². The van der Waals surface area contributed by atoms with Crippen molar-refractivity contribution in [3.63, 3.8) is 0 Å². The van der Waals surface area contributed by atoms with E-state index in [0.717, 1.165) is 9.26 Å². The molecule has 1 aromatic carbocycles. The average molecular weight is 400 g/mol. The van der Waals surface area contributed by atoms with E-state index in [1.165, 1.54) is 11.3 Å². The lowest BCUT2D eigenvalue weighted by Crippen LogP contribution is -2.27. The maximum Gasteiger partial charge on any atom is 0.252 e. The van der Waals surface area contributed by atoms with Gasteiger partial charge in [-0.2, -0.15) is 11.3 Å². The molecule has 0 saturated carbocycles. The van der Waals surface area contributed by atoms with E-state index in [1.807, 2.05) is 29.6 Å². The number of hydrogen-bond donors (Lipinski definition) is 2. The standard InChI is InChI=1S/C14H13IN2O2S/c15-11-3-1-2-4-12(11)17-13(18)5-7-16-14(19)10-6-8-20-9-10/h1-4,6,8-9H,5,7H2,(H,16,19)(H,17,18). The Morgan fingerprint density at radius 1 is 1.20 bits per heavy atom. The van der Waals surface area contributed by atoms with Crippen LogP contribution in [0.2, 0.25) is 0 Å². The number of carbonyl (C=O) groups excluding carboxylic acids is 2. The summed E-state index contributed by atoms with van der Waals surface area (Å²) in [4.78, 5) is 23.4. The molecule has 0 unspecified atom stereocenters. The van der Waals surface area contributed by atoms with E-state index in [-0.39, 0.29) is 18.2 Å². The van der Waals surface area contributed by atoms with Crippen LogP contribution in [-0.4, -0.2) is 18.4 Å². The second kappa shape index (κ2) is 7.39. The molecule has 2 aromatic rings. The molecule has 0 fully saturated rings. The van der Waals surface area contributed by atoms with Crippen LogP contribution in [0, 0.1) is 3.57 Å². The topological polar surface area (TPSA) is 58.2 Å². The minimum Gasteiger partial charge on any atom is -0.351 e. The Bertz CT molecular complexity index is 599. The summed E-state index contributed by atoms with van der Waals surface area (Å²) in [5.41, 5.74) is 1.43. The molecule has 0 atom stereocenters. The number of halogens is 1. The lowest BCUT2D eigenvalue weighted by Gasteiger charge is -2.07. The second-order valence-corrected chi connectivity index (χ2v) is 5.99. The van der Waals surface area contributed by atoms with Crippen molar-refractivity contribution in [3.05, 3.63) is 50.2 Å². The summed E-state index contributed by atoms with van der Waals surface area (Å²) in [6, 6.07) is 9.32. The van der Waals surface area contributed by atoms with Crippen LogP contribution in [0.4, 0.5) is 5.69 Å². The van der Waals surface area contributed by atoms with E-state index in [9.17, 15) is 9.59 Å². The van der Waals surface area contributed by atoms with E-state index in [4.69, 9.17) is 0 Å². The van der Waals surface area contributed by atoms with Crippen molar-refractivity contribution in [2.75, 3.05) is 11.9 Å². The third kappa shape index (κ3) is 4.31. The van der Waals surface area contributed by atoms with Gasteiger partial charge >= 0.3 is 0 Å². The van der Waals surface area contributed by atoms with Gasteiger partial charge in [0.2, 0.25) is 5.91 Å². The van der Waals surface area contributed by atoms with Gasteiger partial charge in [-0.25, -0.2) is 0 Å². The highest BCUT2D eigenvalue weighted by Crippen LogP contribution is 2.16. The van der Waals surface area contributed by atoms with Gasteiger partial charge in [-0.3, -0.25) is 9.59 Å². The van der Waals surface area contributed by atoms with Crippen molar-refractivity contribution < 1.29 is 9.59 Å². The monoisotopic (exact) mass is 400 g/mol. The second-order valence-electron chi connectivity index (χ2n) is 4.05. The fourth-order valence-corrected chi connectivity index (χ4v) is 2.72. The molecule has 6 heteroatoms. The Labute approximate surface area is 134 Å². The zero-order valence-electron chi connectivity index (χ0n) is 10.6. The summed E-state index contributed by atoms with van der Waals surface area (Å²) in [5, 5.41) is 9.17. The van der Waals surface area contributed by atoms with E-state index in [0.29, 0.717) is 12.1 Å². The van der Waals surface area contributed by atoms with E-state index in [2.05, 4.69) is 33.2 Å². The number of amides is 2. The zero-order chi connectivity index (χ0) is 14.4. The SMILES string of the molecule is O=C(CCNC(=O)c1ccsc1)Nc1ccccc1I. The van der Waals surface area contributed by atoms with Gasteiger partial charge in [0, 0.05) is 27.5 Å². The van der Waals surface area contributed by atoms with Crippen LogP contribution in [0.1, 0.15) is 16.8 Å². The smallest absolute Gasteiger partial charge is 0.252 e. The first-order valence-corrected chi connectivity index (χ1v) is 8.04. The molecule has 0 aliphatic heterocycles. The Balaban J connectivity index is 1.76. The van der Waals surface area contributed by atoms with Crippen molar-refractivity contribution in [1.29, 1.82) is 0 Å². The number of hydrogen-bond acceptors (Lipinski definition) is 3. The Kier molecular flexibility index (Phi) is 5.54. The average Bonchev–Trinajstić information content (AvgIpc) is 2.95. The molecule has 20 heavy (non-hydrogen) atoms. The molecule has 2 rings (SSSR count). The van der Waals surface area contributed by atoms with Gasteiger partial charge in [-0.15, -0.1) is 0 Å². The van der Waals surface area contributed by atoms with E-state index < -0.39 is 0 Å². The first-order chi connectivity index (χ1) is 9.66. The summed E-state index contributed by atoms with van der Waals surface area (Å²) in [6.45, 7) is 0.323. The fraction of sp³-hybridized carbons (Fsp3) is 0.143. The summed E-state index contributed by atoms with van der Waals surface area (Å²) in [6.07, 6.45) is 0.251. The molecule has 1 aromatic heterocycles. The van der Waals surface area contributed by atoms with Crippen LogP contribution in [-0.2, 0) is 4.79 Å². The number of carbonyl (C=O) groups is 2. The van der Waals surface area contributed by atoms with Crippen molar-refractivity contribution >= 4 is 51.4 Å². The molecule has 2 amide bonds. The van der Waals surface area contributed by atoms with Gasteiger partial charge < -0.3 is 10.6 Å². The van der Waals surface area contributed by atoms with Crippen LogP contribution >= 0.6 is 33.9 Å². The summed E-state index contributed by atoms with van der Waals surface area (Å²) in [5.74, 6) is -0.256. The molecular weight excluding hydrogens is 387 g/mol. The van der Waals surface area contributed by atoms with Crippen LogP contribution in [0.3, 0.4) is 0 Å². The highest BCUT2D eigenvalue weighted by Gasteiger charge is 2.08. The third-order valence-electron chi connectivity index (χ3n) is 2.57. The number of nitrogens with one attached hydrogen (secondary N) is 2. The molecule has 0 aliphatic carbocycles. The number of benzene rings is 1. The van der Waals surface area contributed by atoms with Crippen molar-refractivity contribution in [2.45, 2.75) is 6.42 Å². The highest BCUT2D eigenvalue weighted by atomic mass is 127. The predicted molar refractivity (Wildman–Crippen MR) is 89.1 cm³/mol.